The summed E-state index contributed by atoms with van der Waals surface area (Å²) in [6, 6.07) is 1.17. The number of nitrogens with zero attached hydrogens (tertiary/aromatic N) is 2. The molecule has 2 unspecified atom stereocenters. The number of fused-ring (bicyclic) bond motifs is 2. The second-order valence-electron chi connectivity index (χ2n) is 4.89. The summed E-state index contributed by atoms with van der Waals surface area (Å²) in [7, 11) is 0. The Kier molecular flexibility index (Phi) is 2.71. The summed E-state index contributed by atoms with van der Waals surface area (Å²) in [6.07, 6.45) is 5.77. The molecule has 0 saturated carbocycles. The van der Waals surface area contributed by atoms with Gasteiger partial charge in [0.1, 0.15) is 4.47 Å². The molecule has 0 radical (unpaired) electrons. The first kappa shape index (κ1) is 11.2. The van der Waals surface area contributed by atoms with Crippen LogP contribution in [0.4, 0.5) is 5.82 Å². The Balaban J connectivity index is 2.00. The Hall–Kier alpha value is -0.880. The molecule has 3 N–H and O–H groups in total. The summed E-state index contributed by atoms with van der Waals surface area (Å²) in [5.41, 5.74) is 5.92. The predicted octanol–water partition coefficient (Wildman–Crippen LogP) is 0.991. The van der Waals surface area contributed by atoms with Gasteiger partial charge in [0.05, 0.1) is 6.33 Å². The molecule has 0 spiro atoms. The van der Waals surface area contributed by atoms with E-state index in [4.69, 9.17) is 5.73 Å². The number of piperidine rings is 1. The number of nitrogens with one attached hydrogen (secondary N) is 1. The van der Waals surface area contributed by atoms with E-state index in [0.717, 1.165) is 31.5 Å². The number of hydrogen-bond acceptors (Lipinski definition) is 4. The van der Waals surface area contributed by atoms with Gasteiger partial charge in [-0.2, -0.15) is 0 Å². The van der Waals surface area contributed by atoms with Gasteiger partial charge in [-0.3, -0.25) is 4.79 Å². The molecule has 2 aliphatic rings. The average molecular weight is 299 g/mol. The highest BCUT2D eigenvalue weighted by molar-refractivity contribution is 9.10. The molecule has 5 nitrogen and oxygen atoms in total. The maximum atomic E-state index is 11.6. The van der Waals surface area contributed by atoms with E-state index in [9.17, 15) is 4.79 Å². The number of H-pyrrole nitrogens is 1. The highest BCUT2D eigenvalue weighted by Gasteiger charge is 2.41. The number of aromatic amines is 1. The molecule has 0 aliphatic carbocycles. The second kappa shape index (κ2) is 4.10. The molecule has 2 bridgehead atoms. The van der Waals surface area contributed by atoms with Crippen LogP contribution in [0.15, 0.2) is 15.6 Å². The van der Waals surface area contributed by atoms with E-state index >= 15 is 0 Å². The Morgan fingerprint density at radius 1 is 1.41 bits per heavy atom. The Labute approximate surface area is 108 Å². The highest BCUT2D eigenvalue weighted by atomic mass is 79.9. The van der Waals surface area contributed by atoms with Gasteiger partial charge < -0.3 is 15.6 Å². The van der Waals surface area contributed by atoms with Gasteiger partial charge in [0, 0.05) is 18.1 Å². The number of halogens is 1. The van der Waals surface area contributed by atoms with Gasteiger partial charge in [-0.25, -0.2) is 4.98 Å². The van der Waals surface area contributed by atoms with Crippen molar-refractivity contribution in [3.63, 3.8) is 0 Å². The minimum Gasteiger partial charge on any atom is -0.349 e. The van der Waals surface area contributed by atoms with Crippen LogP contribution in [-0.2, 0) is 0 Å². The van der Waals surface area contributed by atoms with Gasteiger partial charge in [0.15, 0.2) is 5.82 Å². The molecule has 3 rings (SSSR count). The molecule has 1 aromatic heterocycles. The van der Waals surface area contributed by atoms with E-state index < -0.39 is 0 Å². The summed E-state index contributed by atoms with van der Waals surface area (Å²) >= 11 is 3.33. The third-order valence-electron chi connectivity index (χ3n) is 3.79. The standard InChI is InChI=1S/C11H15BrN4O/c12-9-10(14-5-15-11(9)17)16-7-1-2-8(16)4-6(13)3-7/h5-8H,1-4,13H2,(H,14,15,17). The van der Waals surface area contributed by atoms with Crippen molar-refractivity contribution < 1.29 is 0 Å². The molecule has 17 heavy (non-hydrogen) atoms. The first-order valence-electron chi connectivity index (χ1n) is 5.94. The maximum absolute atomic E-state index is 11.6. The van der Waals surface area contributed by atoms with Crippen molar-refractivity contribution in [2.24, 2.45) is 5.73 Å². The zero-order valence-electron chi connectivity index (χ0n) is 9.40. The molecule has 2 saturated heterocycles. The smallest absolute Gasteiger partial charge is 0.267 e. The van der Waals surface area contributed by atoms with Crippen LogP contribution in [0.2, 0.25) is 0 Å². The SMILES string of the molecule is NC1CC2CCC(C1)N2c1nc[nH]c(=O)c1Br. The minimum absolute atomic E-state index is 0.121. The highest BCUT2D eigenvalue weighted by Crippen LogP contribution is 2.39. The van der Waals surface area contributed by atoms with Gasteiger partial charge in [-0.1, -0.05) is 0 Å². The summed E-state index contributed by atoms with van der Waals surface area (Å²) < 4.78 is 0.535. The van der Waals surface area contributed by atoms with Crippen molar-refractivity contribution >= 4 is 21.7 Å². The zero-order valence-corrected chi connectivity index (χ0v) is 11.0. The summed E-state index contributed by atoms with van der Waals surface area (Å²) in [6.45, 7) is 0. The van der Waals surface area contributed by atoms with Crippen LogP contribution in [0.1, 0.15) is 25.7 Å². The van der Waals surface area contributed by atoms with Crippen molar-refractivity contribution in [3.8, 4) is 0 Å². The first-order valence-corrected chi connectivity index (χ1v) is 6.73. The van der Waals surface area contributed by atoms with E-state index in [2.05, 4.69) is 30.8 Å². The molecule has 2 aliphatic heterocycles. The van der Waals surface area contributed by atoms with Crippen molar-refractivity contribution in [3.05, 3.63) is 21.2 Å². The molecular formula is C11H15BrN4O. The van der Waals surface area contributed by atoms with Crippen LogP contribution in [0.5, 0.6) is 0 Å². The summed E-state index contributed by atoms with van der Waals surface area (Å²) in [4.78, 5) is 20.8. The molecule has 3 heterocycles. The molecule has 2 fully saturated rings. The van der Waals surface area contributed by atoms with E-state index in [1.165, 1.54) is 6.33 Å². The fourth-order valence-electron chi connectivity index (χ4n) is 3.12. The van der Waals surface area contributed by atoms with Crippen molar-refractivity contribution in [1.82, 2.24) is 9.97 Å². The maximum Gasteiger partial charge on any atom is 0.267 e. The number of aromatic nitrogens is 2. The van der Waals surface area contributed by atoms with Crippen molar-refractivity contribution in [2.45, 2.75) is 43.8 Å². The third kappa shape index (κ3) is 1.79. The second-order valence-corrected chi connectivity index (χ2v) is 5.69. The molecule has 0 aromatic carbocycles. The van der Waals surface area contributed by atoms with Gasteiger partial charge in [0.25, 0.3) is 5.56 Å². The quantitative estimate of drug-likeness (QED) is 0.811. The Morgan fingerprint density at radius 2 is 2.06 bits per heavy atom. The van der Waals surface area contributed by atoms with E-state index in [1.54, 1.807) is 0 Å². The topological polar surface area (TPSA) is 75.0 Å². The van der Waals surface area contributed by atoms with Crippen LogP contribution in [0.25, 0.3) is 0 Å². The lowest BCUT2D eigenvalue weighted by atomic mass is 9.98. The monoisotopic (exact) mass is 298 g/mol. The van der Waals surface area contributed by atoms with Crippen LogP contribution in [-0.4, -0.2) is 28.1 Å². The van der Waals surface area contributed by atoms with E-state index in [0.29, 0.717) is 22.6 Å². The summed E-state index contributed by atoms with van der Waals surface area (Å²) in [5.74, 6) is 0.771. The van der Waals surface area contributed by atoms with Crippen LogP contribution in [0, 0.1) is 0 Å². The lowest BCUT2D eigenvalue weighted by Gasteiger charge is -2.38. The lowest BCUT2D eigenvalue weighted by molar-refractivity contribution is 0.411. The minimum atomic E-state index is -0.121. The number of hydrogen-bond donors (Lipinski definition) is 2. The summed E-state index contributed by atoms with van der Waals surface area (Å²) in [5, 5.41) is 0. The molecular weight excluding hydrogens is 284 g/mol. The van der Waals surface area contributed by atoms with Crippen LogP contribution < -0.4 is 16.2 Å². The largest absolute Gasteiger partial charge is 0.349 e. The average Bonchev–Trinajstić information content (AvgIpc) is 2.55. The first-order chi connectivity index (χ1) is 8.16. The third-order valence-corrected chi connectivity index (χ3v) is 4.51. The fraction of sp³-hybridized carbons (Fsp3) is 0.636. The van der Waals surface area contributed by atoms with E-state index in [1.807, 2.05) is 0 Å². The number of nitrogens with two attached hydrogens (primary N) is 1. The molecule has 0 amide bonds. The molecule has 6 heteroatoms. The van der Waals surface area contributed by atoms with Gasteiger partial charge >= 0.3 is 0 Å². The predicted molar refractivity (Wildman–Crippen MR) is 69.1 cm³/mol. The van der Waals surface area contributed by atoms with Crippen molar-refractivity contribution in [1.29, 1.82) is 0 Å². The van der Waals surface area contributed by atoms with Crippen LogP contribution >= 0.6 is 15.9 Å². The Morgan fingerprint density at radius 3 is 2.71 bits per heavy atom. The lowest BCUT2D eigenvalue weighted by Crippen LogP contribution is -2.48. The number of anilines is 1. The number of rotatable bonds is 1. The Bertz CT molecular complexity index is 475. The van der Waals surface area contributed by atoms with Gasteiger partial charge in [-0.05, 0) is 41.6 Å². The van der Waals surface area contributed by atoms with Gasteiger partial charge in [-0.15, -0.1) is 0 Å². The normalized spacial score (nSPS) is 31.9. The zero-order chi connectivity index (χ0) is 12.0. The van der Waals surface area contributed by atoms with E-state index in [-0.39, 0.29) is 5.56 Å². The van der Waals surface area contributed by atoms with Gasteiger partial charge in [0.2, 0.25) is 0 Å². The molecule has 92 valence electrons. The molecule has 1 aromatic rings. The van der Waals surface area contributed by atoms with Crippen molar-refractivity contribution in [2.75, 3.05) is 4.90 Å². The fourth-order valence-corrected chi connectivity index (χ4v) is 3.54. The van der Waals surface area contributed by atoms with Crippen LogP contribution in [0.3, 0.4) is 0 Å². The molecule has 2 atom stereocenters.